The molecule has 0 aliphatic carbocycles. The van der Waals surface area contributed by atoms with E-state index in [1.807, 2.05) is 6.07 Å². The molecule has 2 heterocycles. The number of amides is 2. The number of carbonyl (C=O) groups excluding carboxylic acids is 2. The van der Waals surface area contributed by atoms with Crippen LogP contribution in [0.2, 0.25) is 0 Å². The van der Waals surface area contributed by atoms with Crippen molar-refractivity contribution < 1.29 is 9.59 Å². The van der Waals surface area contributed by atoms with E-state index in [9.17, 15) is 9.59 Å². The summed E-state index contributed by atoms with van der Waals surface area (Å²) in [7, 11) is 0. The molecule has 0 saturated carbocycles. The molecule has 1 fully saturated rings. The molecular formula is C12H12N6O2. The molecular weight excluding hydrogens is 260 g/mol. The van der Waals surface area contributed by atoms with Crippen LogP contribution in [0.3, 0.4) is 0 Å². The number of aromatic amines is 1. The second-order valence-electron chi connectivity index (χ2n) is 4.36. The number of H-pyrrole nitrogens is 1. The standard InChI is InChI=1S/C12H12N6O2/c19-10-6-3-7-18(10)9-5-2-1-4-8(9)13-12(20)11-14-16-17-15-11/h1-2,4-5H,3,6-7H2,(H,13,20)(H,14,15,16,17). The highest BCUT2D eigenvalue weighted by Crippen LogP contribution is 2.29. The van der Waals surface area contributed by atoms with Crippen molar-refractivity contribution in [3.8, 4) is 0 Å². The lowest BCUT2D eigenvalue weighted by atomic mass is 10.2. The maximum Gasteiger partial charge on any atom is 0.297 e. The van der Waals surface area contributed by atoms with Gasteiger partial charge in [0.15, 0.2) is 0 Å². The summed E-state index contributed by atoms with van der Waals surface area (Å²) >= 11 is 0. The van der Waals surface area contributed by atoms with E-state index in [1.54, 1.807) is 23.1 Å². The van der Waals surface area contributed by atoms with E-state index in [1.165, 1.54) is 0 Å². The summed E-state index contributed by atoms with van der Waals surface area (Å²) in [6, 6.07) is 7.15. The van der Waals surface area contributed by atoms with E-state index in [2.05, 4.69) is 25.9 Å². The molecule has 3 rings (SSSR count). The van der Waals surface area contributed by atoms with Gasteiger partial charge in [0.05, 0.1) is 11.4 Å². The van der Waals surface area contributed by atoms with E-state index in [4.69, 9.17) is 0 Å². The van der Waals surface area contributed by atoms with Crippen molar-refractivity contribution in [2.75, 3.05) is 16.8 Å². The quantitative estimate of drug-likeness (QED) is 0.850. The fourth-order valence-corrected chi connectivity index (χ4v) is 2.15. The number of benzene rings is 1. The number of hydrogen-bond donors (Lipinski definition) is 2. The Labute approximate surface area is 114 Å². The first-order chi connectivity index (χ1) is 9.75. The summed E-state index contributed by atoms with van der Waals surface area (Å²) < 4.78 is 0. The minimum Gasteiger partial charge on any atom is -0.317 e. The fourth-order valence-electron chi connectivity index (χ4n) is 2.15. The highest BCUT2D eigenvalue weighted by Gasteiger charge is 2.24. The predicted molar refractivity (Wildman–Crippen MR) is 70.2 cm³/mol. The fraction of sp³-hybridized carbons (Fsp3) is 0.250. The number of para-hydroxylation sites is 2. The predicted octanol–water partition coefficient (Wildman–Crippen LogP) is 0.579. The third kappa shape index (κ3) is 2.22. The van der Waals surface area contributed by atoms with Crippen LogP contribution in [-0.2, 0) is 4.79 Å². The van der Waals surface area contributed by atoms with E-state index in [-0.39, 0.29) is 11.7 Å². The van der Waals surface area contributed by atoms with Gasteiger partial charge >= 0.3 is 0 Å². The Balaban J connectivity index is 1.86. The van der Waals surface area contributed by atoms with Gasteiger partial charge in [-0.05, 0) is 23.8 Å². The van der Waals surface area contributed by atoms with Gasteiger partial charge < -0.3 is 10.2 Å². The van der Waals surface area contributed by atoms with Gasteiger partial charge in [-0.3, -0.25) is 9.59 Å². The second-order valence-corrected chi connectivity index (χ2v) is 4.36. The molecule has 1 aliphatic heterocycles. The lowest BCUT2D eigenvalue weighted by Crippen LogP contribution is -2.25. The van der Waals surface area contributed by atoms with Crippen LogP contribution < -0.4 is 10.2 Å². The third-order valence-electron chi connectivity index (χ3n) is 3.06. The molecule has 2 aromatic rings. The molecule has 102 valence electrons. The van der Waals surface area contributed by atoms with Crippen LogP contribution in [0, 0.1) is 0 Å². The SMILES string of the molecule is O=C(Nc1ccccc1N1CCCC1=O)c1nn[nH]n1. The average molecular weight is 272 g/mol. The third-order valence-corrected chi connectivity index (χ3v) is 3.06. The molecule has 1 aliphatic rings. The number of anilines is 2. The Hall–Kier alpha value is -2.77. The van der Waals surface area contributed by atoms with Gasteiger partial charge in [0.1, 0.15) is 0 Å². The van der Waals surface area contributed by atoms with E-state index >= 15 is 0 Å². The van der Waals surface area contributed by atoms with Gasteiger partial charge in [-0.1, -0.05) is 12.1 Å². The van der Waals surface area contributed by atoms with Crippen molar-refractivity contribution in [1.29, 1.82) is 0 Å². The maximum atomic E-state index is 11.9. The van der Waals surface area contributed by atoms with Gasteiger partial charge in [0.2, 0.25) is 5.91 Å². The Bertz CT molecular complexity index is 639. The van der Waals surface area contributed by atoms with Crippen LogP contribution in [-0.4, -0.2) is 39.0 Å². The monoisotopic (exact) mass is 272 g/mol. The van der Waals surface area contributed by atoms with Crippen molar-refractivity contribution in [1.82, 2.24) is 20.6 Å². The molecule has 0 unspecified atom stereocenters. The van der Waals surface area contributed by atoms with Crippen molar-refractivity contribution in [2.45, 2.75) is 12.8 Å². The zero-order valence-electron chi connectivity index (χ0n) is 10.5. The Morgan fingerprint density at radius 3 is 2.90 bits per heavy atom. The van der Waals surface area contributed by atoms with Gasteiger partial charge in [0.25, 0.3) is 11.7 Å². The molecule has 1 aromatic carbocycles. The summed E-state index contributed by atoms with van der Waals surface area (Å²) in [6.45, 7) is 0.661. The number of rotatable bonds is 3. The summed E-state index contributed by atoms with van der Waals surface area (Å²) in [5.41, 5.74) is 1.24. The second kappa shape index (κ2) is 5.08. The molecule has 0 radical (unpaired) electrons. The molecule has 8 nitrogen and oxygen atoms in total. The molecule has 0 spiro atoms. The topological polar surface area (TPSA) is 104 Å². The van der Waals surface area contributed by atoms with Crippen LogP contribution in [0.15, 0.2) is 24.3 Å². The normalized spacial score (nSPS) is 14.6. The largest absolute Gasteiger partial charge is 0.317 e. The zero-order chi connectivity index (χ0) is 13.9. The highest BCUT2D eigenvalue weighted by atomic mass is 16.2. The molecule has 20 heavy (non-hydrogen) atoms. The minimum atomic E-state index is -0.474. The van der Waals surface area contributed by atoms with Crippen molar-refractivity contribution in [3.05, 3.63) is 30.1 Å². The number of tetrazole rings is 1. The van der Waals surface area contributed by atoms with Crippen LogP contribution in [0.5, 0.6) is 0 Å². The molecule has 0 atom stereocenters. The first-order valence-corrected chi connectivity index (χ1v) is 6.20. The van der Waals surface area contributed by atoms with Crippen molar-refractivity contribution in [3.63, 3.8) is 0 Å². The smallest absolute Gasteiger partial charge is 0.297 e. The molecule has 0 bridgehead atoms. The molecule has 8 heteroatoms. The summed E-state index contributed by atoms with van der Waals surface area (Å²) in [4.78, 5) is 25.4. The molecule has 1 saturated heterocycles. The lowest BCUT2D eigenvalue weighted by Gasteiger charge is -2.19. The van der Waals surface area contributed by atoms with Gasteiger partial charge in [-0.25, -0.2) is 0 Å². The molecule has 1 aromatic heterocycles. The lowest BCUT2D eigenvalue weighted by molar-refractivity contribution is -0.117. The summed E-state index contributed by atoms with van der Waals surface area (Å²) in [6.07, 6.45) is 1.36. The van der Waals surface area contributed by atoms with Crippen molar-refractivity contribution >= 4 is 23.2 Å². The Morgan fingerprint density at radius 1 is 1.35 bits per heavy atom. The number of carbonyl (C=O) groups is 2. The summed E-state index contributed by atoms with van der Waals surface area (Å²) in [5.74, 6) is -0.461. The first-order valence-electron chi connectivity index (χ1n) is 6.20. The zero-order valence-corrected chi connectivity index (χ0v) is 10.5. The average Bonchev–Trinajstić information content (AvgIpc) is 3.10. The number of nitrogens with zero attached hydrogens (tertiary/aromatic N) is 4. The Morgan fingerprint density at radius 2 is 2.20 bits per heavy atom. The van der Waals surface area contributed by atoms with Crippen LogP contribution >= 0.6 is 0 Å². The number of aromatic nitrogens is 4. The molecule has 2 N–H and O–H groups in total. The van der Waals surface area contributed by atoms with Crippen molar-refractivity contribution in [2.24, 2.45) is 0 Å². The van der Waals surface area contributed by atoms with E-state index < -0.39 is 5.91 Å². The summed E-state index contributed by atoms with van der Waals surface area (Å²) in [5, 5.41) is 15.5. The van der Waals surface area contributed by atoms with E-state index in [0.29, 0.717) is 24.3 Å². The minimum absolute atomic E-state index is 0.0486. The first kappa shape index (κ1) is 12.3. The van der Waals surface area contributed by atoms with Gasteiger partial charge in [0, 0.05) is 13.0 Å². The van der Waals surface area contributed by atoms with E-state index in [0.717, 1.165) is 6.42 Å². The van der Waals surface area contributed by atoms with Crippen LogP contribution in [0.1, 0.15) is 23.5 Å². The van der Waals surface area contributed by atoms with Gasteiger partial charge in [-0.15, -0.1) is 10.2 Å². The number of nitrogens with one attached hydrogen (secondary N) is 2. The van der Waals surface area contributed by atoms with Gasteiger partial charge in [-0.2, -0.15) is 5.21 Å². The highest BCUT2D eigenvalue weighted by molar-refractivity contribution is 6.06. The van der Waals surface area contributed by atoms with Crippen LogP contribution in [0.25, 0.3) is 0 Å². The Kier molecular flexibility index (Phi) is 3.12. The maximum absolute atomic E-state index is 11.9. The molecule has 2 amide bonds. The van der Waals surface area contributed by atoms with Crippen LogP contribution in [0.4, 0.5) is 11.4 Å². The number of hydrogen-bond acceptors (Lipinski definition) is 5.